The van der Waals surface area contributed by atoms with Gasteiger partial charge in [0.1, 0.15) is 11.5 Å². The highest BCUT2D eigenvalue weighted by Gasteiger charge is 2.07. The van der Waals surface area contributed by atoms with E-state index < -0.39 is 5.82 Å². The molecule has 2 rings (SSSR count). The van der Waals surface area contributed by atoms with Crippen LogP contribution >= 0.6 is 23.4 Å². The number of halogens is 2. The zero-order valence-corrected chi connectivity index (χ0v) is 11.4. The van der Waals surface area contributed by atoms with Gasteiger partial charge in [0, 0.05) is 0 Å². The minimum absolute atomic E-state index is 0.113. The molecule has 0 saturated carbocycles. The molecule has 0 aliphatic rings. The topological polar surface area (TPSA) is 25.2 Å². The van der Waals surface area contributed by atoms with Crippen LogP contribution in [0.3, 0.4) is 0 Å². The summed E-state index contributed by atoms with van der Waals surface area (Å²) in [6.07, 6.45) is 2.02. The first-order chi connectivity index (χ1) is 8.70. The molecule has 1 aromatic carbocycles. The Bertz CT molecular complexity index is 529. The minimum atomic E-state index is -0.435. The third-order valence-corrected chi connectivity index (χ3v) is 3.27. The van der Waals surface area contributed by atoms with E-state index in [9.17, 15) is 4.39 Å². The standard InChI is InChI=1S/C13H13ClFNOS/c1-18-8-10-6-5-9(17-10)7-16-12-4-2-3-11(14)13(12)15/h2-6,16H,7-8H2,1H3. The van der Waals surface area contributed by atoms with Crippen molar-refractivity contribution >= 4 is 29.1 Å². The third-order valence-electron chi connectivity index (χ3n) is 2.41. The monoisotopic (exact) mass is 285 g/mol. The quantitative estimate of drug-likeness (QED) is 0.872. The maximum absolute atomic E-state index is 13.6. The van der Waals surface area contributed by atoms with Gasteiger partial charge in [-0.15, -0.1) is 0 Å². The molecule has 1 aromatic heterocycles. The number of rotatable bonds is 5. The van der Waals surface area contributed by atoms with E-state index in [4.69, 9.17) is 16.0 Å². The first kappa shape index (κ1) is 13.3. The fraction of sp³-hybridized carbons (Fsp3) is 0.231. The van der Waals surface area contributed by atoms with Crippen LogP contribution in [0, 0.1) is 5.82 Å². The number of anilines is 1. The molecule has 1 heterocycles. The van der Waals surface area contributed by atoms with Crippen LogP contribution in [0.1, 0.15) is 11.5 Å². The van der Waals surface area contributed by atoms with E-state index in [2.05, 4.69) is 5.32 Å². The van der Waals surface area contributed by atoms with Gasteiger partial charge in [0.15, 0.2) is 5.82 Å². The van der Waals surface area contributed by atoms with Crippen LogP contribution in [0.5, 0.6) is 0 Å². The van der Waals surface area contributed by atoms with Crippen LogP contribution in [0.25, 0.3) is 0 Å². The second-order valence-electron chi connectivity index (χ2n) is 3.76. The molecule has 0 fully saturated rings. The highest BCUT2D eigenvalue weighted by Crippen LogP contribution is 2.23. The van der Waals surface area contributed by atoms with E-state index in [1.54, 1.807) is 23.9 Å². The highest BCUT2D eigenvalue weighted by molar-refractivity contribution is 7.97. The van der Waals surface area contributed by atoms with Crippen molar-refractivity contribution in [3.8, 4) is 0 Å². The fourth-order valence-corrected chi connectivity index (χ4v) is 2.17. The van der Waals surface area contributed by atoms with Crippen LogP contribution in [0.4, 0.5) is 10.1 Å². The lowest BCUT2D eigenvalue weighted by Gasteiger charge is -2.06. The molecule has 18 heavy (non-hydrogen) atoms. The molecule has 96 valence electrons. The lowest BCUT2D eigenvalue weighted by molar-refractivity contribution is 0.487. The highest BCUT2D eigenvalue weighted by atomic mass is 35.5. The zero-order chi connectivity index (χ0) is 13.0. The largest absolute Gasteiger partial charge is 0.463 e. The maximum Gasteiger partial charge on any atom is 0.164 e. The van der Waals surface area contributed by atoms with E-state index in [1.165, 1.54) is 6.07 Å². The van der Waals surface area contributed by atoms with Gasteiger partial charge in [-0.2, -0.15) is 11.8 Å². The average Bonchev–Trinajstić information content (AvgIpc) is 2.79. The normalized spacial score (nSPS) is 10.6. The van der Waals surface area contributed by atoms with Gasteiger partial charge in [0.2, 0.25) is 0 Å². The van der Waals surface area contributed by atoms with Crippen molar-refractivity contribution in [3.05, 3.63) is 52.7 Å². The van der Waals surface area contributed by atoms with Gasteiger partial charge in [0.25, 0.3) is 0 Å². The summed E-state index contributed by atoms with van der Waals surface area (Å²) in [7, 11) is 0. The van der Waals surface area contributed by atoms with E-state index >= 15 is 0 Å². The summed E-state index contributed by atoms with van der Waals surface area (Å²) in [6, 6.07) is 8.69. The number of furan rings is 1. The number of nitrogens with one attached hydrogen (secondary N) is 1. The van der Waals surface area contributed by atoms with Gasteiger partial charge in [-0.05, 0) is 30.5 Å². The molecule has 0 saturated heterocycles. The molecule has 0 radical (unpaired) electrons. The first-order valence-corrected chi connectivity index (χ1v) is 7.22. The van der Waals surface area contributed by atoms with E-state index in [0.29, 0.717) is 12.2 Å². The van der Waals surface area contributed by atoms with Gasteiger partial charge < -0.3 is 9.73 Å². The second kappa shape index (κ2) is 6.16. The molecule has 2 aromatic rings. The second-order valence-corrected chi connectivity index (χ2v) is 5.03. The van der Waals surface area contributed by atoms with Crippen molar-refractivity contribution in [1.82, 2.24) is 0 Å². The number of hydrogen-bond acceptors (Lipinski definition) is 3. The van der Waals surface area contributed by atoms with Crippen LogP contribution in [0.2, 0.25) is 5.02 Å². The lowest BCUT2D eigenvalue weighted by Crippen LogP contribution is -2.00. The smallest absolute Gasteiger partial charge is 0.164 e. The summed E-state index contributed by atoms with van der Waals surface area (Å²) in [5.74, 6) is 2.10. The van der Waals surface area contributed by atoms with E-state index in [-0.39, 0.29) is 5.02 Å². The molecule has 2 nitrogen and oxygen atoms in total. The molecule has 0 spiro atoms. The summed E-state index contributed by atoms with van der Waals surface area (Å²) >= 11 is 7.40. The van der Waals surface area contributed by atoms with Crippen molar-refractivity contribution in [2.45, 2.75) is 12.3 Å². The van der Waals surface area contributed by atoms with Crippen LogP contribution in [0.15, 0.2) is 34.7 Å². The molecular weight excluding hydrogens is 273 g/mol. The predicted molar refractivity (Wildman–Crippen MR) is 74.7 cm³/mol. The summed E-state index contributed by atoms with van der Waals surface area (Å²) in [6.45, 7) is 0.436. The summed E-state index contributed by atoms with van der Waals surface area (Å²) in [5.41, 5.74) is 0.380. The first-order valence-electron chi connectivity index (χ1n) is 5.45. The number of thioether (sulfide) groups is 1. The minimum Gasteiger partial charge on any atom is -0.463 e. The van der Waals surface area contributed by atoms with Crippen molar-refractivity contribution in [1.29, 1.82) is 0 Å². The van der Waals surface area contributed by atoms with Crippen LogP contribution in [-0.2, 0) is 12.3 Å². The molecule has 0 atom stereocenters. The Hall–Kier alpha value is -1.13. The molecule has 5 heteroatoms. The van der Waals surface area contributed by atoms with Crippen LogP contribution < -0.4 is 5.32 Å². The van der Waals surface area contributed by atoms with Crippen LogP contribution in [-0.4, -0.2) is 6.26 Å². The van der Waals surface area contributed by atoms with Crippen molar-refractivity contribution < 1.29 is 8.81 Å². The van der Waals surface area contributed by atoms with Crippen molar-refractivity contribution in [3.63, 3.8) is 0 Å². The number of hydrogen-bond donors (Lipinski definition) is 1. The average molecular weight is 286 g/mol. The predicted octanol–water partition coefficient (Wildman–Crippen LogP) is 4.55. The molecule has 0 amide bonds. The van der Waals surface area contributed by atoms with Gasteiger partial charge in [-0.25, -0.2) is 4.39 Å². The molecular formula is C13H13ClFNOS. The van der Waals surface area contributed by atoms with Gasteiger partial charge in [-0.3, -0.25) is 0 Å². The summed E-state index contributed by atoms with van der Waals surface area (Å²) in [4.78, 5) is 0. The molecule has 0 aliphatic carbocycles. The van der Waals surface area contributed by atoms with Gasteiger partial charge >= 0.3 is 0 Å². The Balaban J connectivity index is 2.00. The Morgan fingerprint density at radius 3 is 2.83 bits per heavy atom. The molecule has 1 N–H and O–H groups in total. The fourth-order valence-electron chi connectivity index (χ4n) is 1.56. The van der Waals surface area contributed by atoms with Gasteiger partial charge in [-0.1, -0.05) is 17.7 Å². The van der Waals surface area contributed by atoms with E-state index in [0.717, 1.165) is 17.3 Å². The maximum atomic E-state index is 13.6. The lowest BCUT2D eigenvalue weighted by atomic mass is 10.3. The number of benzene rings is 1. The Morgan fingerprint density at radius 2 is 2.06 bits per heavy atom. The summed E-state index contributed by atoms with van der Waals surface area (Å²) in [5, 5.41) is 3.08. The Kier molecular flexibility index (Phi) is 4.55. The Morgan fingerprint density at radius 1 is 1.28 bits per heavy atom. The van der Waals surface area contributed by atoms with Gasteiger partial charge in [0.05, 0.1) is 23.0 Å². The summed E-state index contributed by atoms with van der Waals surface area (Å²) < 4.78 is 19.2. The van der Waals surface area contributed by atoms with Crippen molar-refractivity contribution in [2.75, 3.05) is 11.6 Å². The van der Waals surface area contributed by atoms with Crippen molar-refractivity contribution in [2.24, 2.45) is 0 Å². The van der Waals surface area contributed by atoms with E-state index in [1.807, 2.05) is 18.4 Å². The zero-order valence-electron chi connectivity index (χ0n) is 9.87. The Labute approximate surface area is 115 Å². The molecule has 0 aliphatic heterocycles. The third kappa shape index (κ3) is 3.21. The molecule has 0 bridgehead atoms. The SMILES string of the molecule is CSCc1ccc(CNc2cccc(Cl)c2F)o1. The molecule has 0 unspecified atom stereocenters.